The van der Waals surface area contributed by atoms with Crippen molar-refractivity contribution in [3.05, 3.63) is 42.5 Å². The number of ether oxygens (including phenoxy) is 2. The Labute approximate surface area is 165 Å². The Balaban J connectivity index is 1.47. The summed E-state index contributed by atoms with van der Waals surface area (Å²) in [5.41, 5.74) is 1.52. The van der Waals surface area contributed by atoms with Crippen LogP contribution in [0.5, 0.6) is 11.5 Å². The SMILES string of the molecule is COc1cccc(N2C[C@@H](C(=O)Nc3nc4ccc(OC)cc4s3)CC2=O)c1. The molecule has 28 heavy (non-hydrogen) atoms. The van der Waals surface area contributed by atoms with Crippen molar-refractivity contribution in [1.82, 2.24) is 4.98 Å². The van der Waals surface area contributed by atoms with Crippen LogP contribution in [-0.2, 0) is 9.59 Å². The Hall–Kier alpha value is -3.13. The van der Waals surface area contributed by atoms with E-state index in [9.17, 15) is 9.59 Å². The van der Waals surface area contributed by atoms with Crippen molar-refractivity contribution < 1.29 is 19.1 Å². The molecular formula is C20H19N3O4S. The monoisotopic (exact) mass is 397 g/mol. The van der Waals surface area contributed by atoms with Crippen LogP contribution >= 0.6 is 11.3 Å². The zero-order chi connectivity index (χ0) is 19.7. The number of methoxy groups -OCH3 is 2. The van der Waals surface area contributed by atoms with E-state index in [1.54, 1.807) is 25.2 Å². The van der Waals surface area contributed by atoms with Crippen LogP contribution < -0.4 is 19.7 Å². The van der Waals surface area contributed by atoms with E-state index in [1.165, 1.54) is 11.3 Å². The zero-order valence-corrected chi connectivity index (χ0v) is 16.3. The van der Waals surface area contributed by atoms with Gasteiger partial charge >= 0.3 is 0 Å². The maximum absolute atomic E-state index is 12.7. The molecule has 7 nitrogen and oxygen atoms in total. The summed E-state index contributed by atoms with van der Waals surface area (Å²) in [6.45, 7) is 0.330. The fourth-order valence-corrected chi connectivity index (χ4v) is 4.10. The van der Waals surface area contributed by atoms with Gasteiger partial charge in [0.1, 0.15) is 11.5 Å². The molecule has 144 valence electrons. The van der Waals surface area contributed by atoms with Crippen LogP contribution in [0.25, 0.3) is 10.2 Å². The number of hydrogen-bond acceptors (Lipinski definition) is 6. The fourth-order valence-electron chi connectivity index (χ4n) is 3.20. The van der Waals surface area contributed by atoms with E-state index < -0.39 is 5.92 Å². The number of amides is 2. The lowest BCUT2D eigenvalue weighted by atomic mass is 10.1. The molecule has 0 saturated carbocycles. The van der Waals surface area contributed by atoms with Crippen molar-refractivity contribution in [3.8, 4) is 11.5 Å². The van der Waals surface area contributed by atoms with Crippen molar-refractivity contribution in [3.63, 3.8) is 0 Å². The van der Waals surface area contributed by atoms with Gasteiger partial charge in [0, 0.05) is 24.7 Å². The average molecular weight is 397 g/mol. The third-order valence-corrected chi connectivity index (χ3v) is 5.62. The Morgan fingerprint density at radius 2 is 1.96 bits per heavy atom. The van der Waals surface area contributed by atoms with Crippen molar-refractivity contribution in [2.45, 2.75) is 6.42 Å². The van der Waals surface area contributed by atoms with Gasteiger partial charge in [0.15, 0.2) is 5.13 Å². The first kappa shape index (κ1) is 18.2. The van der Waals surface area contributed by atoms with Crippen LogP contribution in [0.1, 0.15) is 6.42 Å². The zero-order valence-electron chi connectivity index (χ0n) is 15.5. The molecule has 0 spiro atoms. The number of nitrogens with one attached hydrogen (secondary N) is 1. The number of carbonyl (C=O) groups excluding carboxylic acids is 2. The molecule has 0 bridgehead atoms. The number of hydrogen-bond donors (Lipinski definition) is 1. The van der Waals surface area contributed by atoms with E-state index in [2.05, 4.69) is 10.3 Å². The molecule has 1 aromatic heterocycles. The van der Waals surface area contributed by atoms with Gasteiger partial charge in [0.05, 0.1) is 30.4 Å². The van der Waals surface area contributed by atoms with Crippen LogP contribution in [0.2, 0.25) is 0 Å². The van der Waals surface area contributed by atoms with Crippen molar-refractivity contribution in [2.24, 2.45) is 5.92 Å². The van der Waals surface area contributed by atoms with Gasteiger partial charge in [-0.2, -0.15) is 0 Å². The Kier molecular flexibility index (Phi) is 4.87. The van der Waals surface area contributed by atoms with E-state index in [4.69, 9.17) is 9.47 Å². The van der Waals surface area contributed by atoms with E-state index >= 15 is 0 Å². The Morgan fingerprint density at radius 3 is 2.75 bits per heavy atom. The highest BCUT2D eigenvalue weighted by atomic mass is 32.1. The van der Waals surface area contributed by atoms with Crippen molar-refractivity contribution in [2.75, 3.05) is 31.0 Å². The van der Waals surface area contributed by atoms with Gasteiger partial charge in [-0.25, -0.2) is 4.98 Å². The number of fused-ring (bicyclic) bond motifs is 1. The molecule has 4 rings (SSSR count). The average Bonchev–Trinajstić information content (AvgIpc) is 3.30. The fraction of sp³-hybridized carbons (Fsp3) is 0.250. The number of thiazole rings is 1. The second-order valence-electron chi connectivity index (χ2n) is 6.45. The highest BCUT2D eigenvalue weighted by molar-refractivity contribution is 7.22. The topological polar surface area (TPSA) is 80.8 Å². The number of carbonyl (C=O) groups is 2. The molecule has 8 heteroatoms. The second-order valence-corrected chi connectivity index (χ2v) is 7.48. The van der Waals surface area contributed by atoms with Crippen LogP contribution in [0.4, 0.5) is 10.8 Å². The number of nitrogens with zero attached hydrogens (tertiary/aromatic N) is 2. The molecule has 2 heterocycles. The third-order valence-electron chi connectivity index (χ3n) is 4.69. The molecule has 2 aromatic carbocycles. The minimum absolute atomic E-state index is 0.0811. The summed E-state index contributed by atoms with van der Waals surface area (Å²) in [4.78, 5) is 31.2. The molecule has 1 saturated heterocycles. The molecule has 1 atom stereocenters. The predicted octanol–water partition coefficient (Wildman–Crippen LogP) is 3.31. The van der Waals surface area contributed by atoms with E-state index in [-0.39, 0.29) is 18.2 Å². The van der Waals surface area contributed by atoms with Gasteiger partial charge in [-0.05, 0) is 30.3 Å². The molecule has 1 aliphatic rings. The number of aromatic nitrogens is 1. The number of rotatable bonds is 5. The van der Waals surface area contributed by atoms with Crippen molar-refractivity contribution >= 4 is 44.2 Å². The summed E-state index contributed by atoms with van der Waals surface area (Å²) in [5, 5.41) is 3.36. The normalized spacial score (nSPS) is 16.4. The van der Waals surface area contributed by atoms with E-state index in [0.717, 1.165) is 21.7 Å². The molecular weight excluding hydrogens is 378 g/mol. The first-order valence-corrected chi connectivity index (χ1v) is 9.59. The third kappa shape index (κ3) is 3.50. The van der Waals surface area contributed by atoms with Gasteiger partial charge in [0.25, 0.3) is 0 Å². The molecule has 0 aliphatic carbocycles. The molecule has 1 fully saturated rings. The van der Waals surface area contributed by atoms with Gasteiger partial charge in [-0.3, -0.25) is 9.59 Å². The molecule has 3 aromatic rings. The Bertz CT molecular complexity index is 1050. The first-order valence-electron chi connectivity index (χ1n) is 8.77. The standard InChI is InChI=1S/C20H19N3O4S/c1-26-14-5-3-4-13(9-14)23-11-12(8-18(23)24)19(25)22-20-21-16-7-6-15(27-2)10-17(16)28-20/h3-7,9-10,12H,8,11H2,1-2H3,(H,21,22,25)/t12-/m0/s1. The van der Waals surface area contributed by atoms with E-state index in [0.29, 0.717) is 17.4 Å². The van der Waals surface area contributed by atoms with Gasteiger partial charge in [-0.1, -0.05) is 17.4 Å². The Morgan fingerprint density at radius 1 is 1.18 bits per heavy atom. The quantitative estimate of drug-likeness (QED) is 0.714. The first-order chi connectivity index (χ1) is 13.6. The number of benzene rings is 2. The maximum atomic E-state index is 12.7. The predicted molar refractivity (Wildman–Crippen MR) is 108 cm³/mol. The molecule has 0 radical (unpaired) electrons. The summed E-state index contributed by atoms with van der Waals surface area (Å²) in [7, 11) is 3.19. The second kappa shape index (κ2) is 7.47. The molecule has 0 unspecified atom stereocenters. The molecule has 1 aliphatic heterocycles. The van der Waals surface area contributed by atoms with Crippen LogP contribution in [0.15, 0.2) is 42.5 Å². The highest BCUT2D eigenvalue weighted by Gasteiger charge is 2.35. The summed E-state index contributed by atoms with van der Waals surface area (Å²) in [6.07, 6.45) is 0.168. The number of anilines is 2. The summed E-state index contributed by atoms with van der Waals surface area (Å²) in [5.74, 6) is 0.694. The van der Waals surface area contributed by atoms with Crippen LogP contribution in [0.3, 0.4) is 0 Å². The van der Waals surface area contributed by atoms with Gasteiger partial charge < -0.3 is 19.7 Å². The minimum atomic E-state index is -0.430. The van der Waals surface area contributed by atoms with Gasteiger partial charge in [0.2, 0.25) is 11.8 Å². The lowest BCUT2D eigenvalue weighted by Crippen LogP contribution is -2.28. The lowest BCUT2D eigenvalue weighted by molar-refractivity contribution is -0.122. The minimum Gasteiger partial charge on any atom is -0.497 e. The van der Waals surface area contributed by atoms with Crippen LogP contribution in [0, 0.1) is 5.92 Å². The maximum Gasteiger partial charge on any atom is 0.231 e. The summed E-state index contributed by atoms with van der Waals surface area (Å²) < 4.78 is 11.4. The van der Waals surface area contributed by atoms with E-state index in [1.807, 2.05) is 36.4 Å². The molecule has 2 amide bonds. The van der Waals surface area contributed by atoms with Crippen LogP contribution in [-0.4, -0.2) is 37.6 Å². The summed E-state index contributed by atoms with van der Waals surface area (Å²) in [6, 6.07) is 12.8. The lowest BCUT2D eigenvalue weighted by Gasteiger charge is -2.17. The van der Waals surface area contributed by atoms with Crippen molar-refractivity contribution in [1.29, 1.82) is 0 Å². The van der Waals surface area contributed by atoms with Gasteiger partial charge in [-0.15, -0.1) is 0 Å². The summed E-state index contributed by atoms with van der Waals surface area (Å²) >= 11 is 1.38. The largest absolute Gasteiger partial charge is 0.497 e. The smallest absolute Gasteiger partial charge is 0.231 e. The highest BCUT2D eigenvalue weighted by Crippen LogP contribution is 2.31. The molecule has 1 N–H and O–H groups in total.